The van der Waals surface area contributed by atoms with Crippen molar-refractivity contribution in [1.29, 1.82) is 0 Å². The van der Waals surface area contributed by atoms with Crippen LogP contribution in [-0.2, 0) is 0 Å². The maximum absolute atomic E-state index is 12.2. The van der Waals surface area contributed by atoms with Crippen molar-refractivity contribution in [1.82, 2.24) is 14.8 Å². The van der Waals surface area contributed by atoms with Gasteiger partial charge >= 0.3 is 0 Å². The average molecular weight is 266 g/mol. The van der Waals surface area contributed by atoms with Crippen LogP contribution in [0.2, 0.25) is 5.02 Å². The molecule has 1 saturated carbocycles. The van der Waals surface area contributed by atoms with E-state index in [1.54, 1.807) is 18.3 Å². The van der Waals surface area contributed by atoms with E-state index in [4.69, 9.17) is 11.6 Å². The summed E-state index contributed by atoms with van der Waals surface area (Å²) < 4.78 is 0. The van der Waals surface area contributed by atoms with Gasteiger partial charge in [0.1, 0.15) is 5.69 Å². The number of hydrogen-bond donors (Lipinski definition) is 0. The van der Waals surface area contributed by atoms with Gasteiger partial charge in [-0.1, -0.05) is 11.6 Å². The number of nitrogens with zero attached hydrogens (tertiary/aromatic N) is 3. The summed E-state index contributed by atoms with van der Waals surface area (Å²) in [6, 6.07) is 4.10. The van der Waals surface area contributed by atoms with Crippen molar-refractivity contribution in [2.45, 2.75) is 18.9 Å². The molecule has 2 fully saturated rings. The second kappa shape index (κ2) is 4.86. The number of aromatic nitrogens is 1. The molecular formula is C13H16ClN3O. The molecule has 4 nitrogen and oxygen atoms in total. The molecule has 18 heavy (non-hydrogen) atoms. The maximum Gasteiger partial charge on any atom is 0.272 e. The molecule has 0 N–H and O–H groups in total. The number of amides is 1. The lowest BCUT2D eigenvalue weighted by atomic mass is 10.2. The van der Waals surface area contributed by atoms with Gasteiger partial charge in [0.2, 0.25) is 0 Å². The minimum Gasteiger partial charge on any atom is -0.335 e. The summed E-state index contributed by atoms with van der Waals surface area (Å²) >= 11 is 5.88. The lowest BCUT2D eigenvalue weighted by Gasteiger charge is -2.34. The number of carbonyl (C=O) groups is 1. The Morgan fingerprint density at radius 2 is 2.00 bits per heavy atom. The van der Waals surface area contributed by atoms with E-state index in [1.165, 1.54) is 12.8 Å². The van der Waals surface area contributed by atoms with Gasteiger partial charge in [-0.05, 0) is 25.0 Å². The Hall–Kier alpha value is -1.13. The van der Waals surface area contributed by atoms with E-state index in [1.807, 2.05) is 4.90 Å². The molecule has 3 rings (SSSR count). The monoisotopic (exact) mass is 265 g/mol. The molecule has 0 aromatic carbocycles. The van der Waals surface area contributed by atoms with Gasteiger partial charge in [0.15, 0.2) is 0 Å². The first kappa shape index (κ1) is 11.9. The predicted molar refractivity (Wildman–Crippen MR) is 69.7 cm³/mol. The summed E-state index contributed by atoms with van der Waals surface area (Å²) in [4.78, 5) is 20.7. The average Bonchev–Trinajstić information content (AvgIpc) is 3.22. The minimum atomic E-state index is -0.00653. The lowest BCUT2D eigenvalue weighted by Crippen LogP contribution is -2.49. The molecule has 0 radical (unpaired) electrons. The number of halogens is 1. The van der Waals surface area contributed by atoms with E-state index >= 15 is 0 Å². The second-order valence-electron chi connectivity index (χ2n) is 4.92. The molecular weight excluding hydrogens is 250 g/mol. The Labute approximate surface area is 112 Å². The largest absolute Gasteiger partial charge is 0.335 e. The van der Waals surface area contributed by atoms with Crippen molar-refractivity contribution >= 4 is 17.5 Å². The second-order valence-corrected chi connectivity index (χ2v) is 5.36. The van der Waals surface area contributed by atoms with Crippen LogP contribution < -0.4 is 0 Å². The molecule has 1 aliphatic heterocycles. The normalized spacial score (nSPS) is 21.1. The van der Waals surface area contributed by atoms with Gasteiger partial charge in [-0.2, -0.15) is 0 Å². The zero-order chi connectivity index (χ0) is 12.5. The first-order valence-electron chi connectivity index (χ1n) is 6.39. The van der Waals surface area contributed by atoms with Crippen LogP contribution in [0.4, 0.5) is 0 Å². The number of carbonyl (C=O) groups excluding carboxylic acids is 1. The van der Waals surface area contributed by atoms with Crippen molar-refractivity contribution in [3.05, 3.63) is 29.0 Å². The van der Waals surface area contributed by atoms with Crippen molar-refractivity contribution < 1.29 is 4.79 Å². The van der Waals surface area contributed by atoms with Crippen LogP contribution in [-0.4, -0.2) is 52.9 Å². The van der Waals surface area contributed by atoms with Crippen LogP contribution in [0.3, 0.4) is 0 Å². The van der Waals surface area contributed by atoms with Gasteiger partial charge < -0.3 is 4.90 Å². The molecule has 0 atom stereocenters. The van der Waals surface area contributed by atoms with Gasteiger partial charge in [-0.25, -0.2) is 0 Å². The van der Waals surface area contributed by atoms with Crippen LogP contribution in [0.15, 0.2) is 18.3 Å². The van der Waals surface area contributed by atoms with Crippen LogP contribution in [0.1, 0.15) is 23.3 Å². The molecule has 2 heterocycles. The molecule has 2 aliphatic rings. The summed E-state index contributed by atoms with van der Waals surface area (Å²) in [6.07, 6.45) is 4.23. The Balaban J connectivity index is 1.63. The number of rotatable bonds is 2. The molecule has 1 saturated heterocycles. The Morgan fingerprint density at radius 1 is 1.28 bits per heavy atom. The van der Waals surface area contributed by atoms with Crippen molar-refractivity contribution in [2.24, 2.45) is 0 Å². The van der Waals surface area contributed by atoms with Crippen LogP contribution in [0, 0.1) is 0 Å². The highest BCUT2D eigenvalue weighted by Crippen LogP contribution is 2.27. The van der Waals surface area contributed by atoms with E-state index < -0.39 is 0 Å². The van der Waals surface area contributed by atoms with Gasteiger partial charge in [0.25, 0.3) is 5.91 Å². The molecule has 1 aromatic rings. The van der Waals surface area contributed by atoms with Crippen LogP contribution in [0.5, 0.6) is 0 Å². The third kappa shape index (κ3) is 2.49. The van der Waals surface area contributed by atoms with Crippen LogP contribution in [0.25, 0.3) is 0 Å². The summed E-state index contributed by atoms with van der Waals surface area (Å²) in [5, 5.41) is 0.560. The van der Waals surface area contributed by atoms with Crippen LogP contribution >= 0.6 is 11.6 Å². The first-order valence-corrected chi connectivity index (χ1v) is 6.77. The number of pyridine rings is 1. The van der Waals surface area contributed by atoms with Gasteiger partial charge in [-0.15, -0.1) is 0 Å². The summed E-state index contributed by atoms with van der Waals surface area (Å²) in [7, 11) is 0. The predicted octanol–water partition coefficient (Wildman–Crippen LogP) is 1.66. The van der Waals surface area contributed by atoms with Gasteiger partial charge in [-0.3, -0.25) is 14.7 Å². The van der Waals surface area contributed by atoms with Gasteiger partial charge in [0, 0.05) is 43.4 Å². The SMILES string of the molecule is O=C(c1cc(Cl)ccn1)N1CCN(C2CC2)CC1. The molecule has 1 aliphatic carbocycles. The molecule has 0 spiro atoms. The van der Waals surface area contributed by atoms with Crippen molar-refractivity contribution in [2.75, 3.05) is 26.2 Å². The quantitative estimate of drug-likeness (QED) is 0.816. The molecule has 5 heteroatoms. The topological polar surface area (TPSA) is 36.4 Å². The third-order valence-electron chi connectivity index (χ3n) is 3.61. The molecule has 96 valence electrons. The summed E-state index contributed by atoms with van der Waals surface area (Å²) in [5.41, 5.74) is 0.447. The summed E-state index contributed by atoms with van der Waals surface area (Å²) in [6.45, 7) is 3.56. The van der Waals surface area contributed by atoms with Gasteiger partial charge in [0.05, 0.1) is 0 Å². The summed E-state index contributed by atoms with van der Waals surface area (Å²) in [5.74, 6) is -0.00653. The third-order valence-corrected chi connectivity index (χ3v) is 3.84. The van der Waals surface area contributed by atoms with E-state index in [0.29, 0.717) is 10.7 Å². The van der Waals surface area contributed by atoms with Crippen molar-refractivity contribution in [3.8, 4) is 0 Å². The lowest BCUT2D eigenvalue weighted by molar-refractivity contribution is 0.0621. The van der Waals surface area contributed by atoms with E-state index in [0.717, 1.165) is 32.2 Å². The first-order chi connectivity index (χ1) is 8.74. The van der Waals surface area contributed by atoms with E-state index in [2.05, 4.69) is 9.88 Å². The highest BCUT2D eigenvalue weighted by molar-refractivity contribution is 6.30. The standard InChI is InChI=1S/C13H16ClN3O/c14-10-3-4-15-12(9-10)13(18)17-7-5-16(6-8-17)11-1-2-11/h3-4,9,11H,1-2,5-8H2. The Morgan fingerprint density at radius 3 is 2.61 bits per heavy atom. The minimum absolute atomic E-state index is 0.00653. The fraction of sp³-hybridized carbons (Fsp3) is 0.538. The van der Waals surface area contributed by atoms with Crippen molar-refractivity contribution in [3.63, 3.8) is 0 Å². The zero-order valence-corrected chi connectivity index (χ0v) is 10.9. The Bertz CT molecular complexity index is 453. The fourth-order valence-electron chi connectivity index (χ4n) is 2.41. The molecule has 1 aromatic heterocycles. The van der Waals surface area contributed by atoms with E-state index in [9.17, 15) is 4.79 Å². The number of hydrogen-bond acceptors (Lipinski definition) is 3. The van der Waals surface area contributed by atoms with E-state index in [-0.39, 0.29) is 5.91 Å². The Kier molecular flexibility index (Phi) is 3.22. The fourth-order valence-corrected chi connectivity index (χ4v) is 2.57. The highest BCUT2D eigenvalue weighted by Gasteiger charge is 2.32. The highest BCUT2D eigenvalue weighted by atomic mass is 35.5. The molecule has 1 amide bonds. The zero-order valence-electron chi connectivity index (χ0n) is 10.2. The number of piperazine rings is 1. The molecule has 0 unspecified atom stereocenters. The smallest absolute Gasteiger partial charge is 0.272 e. The maximum atomic E-state index is 12.2. The molecule has 0 bridgehead atoms.